The number of nitrogens with zero attached hydrogens (tertiary/aromatic N) is 2. The van der Waals surface area contributed by atoms with E-state index < -0.39 is 0 Å². The molecule has 2 heterocycles. The number of benzene rings is 2. The Balaban J connectivity index is 1.80. The van der Waals surface area contributed by atoms with Crippen molar-refractivity contribution in [1.29, 1.82) is 0 Å². The van der Waals surface area contributed by atoms with Crippen LogP contribution in [0.5, 0.6) is 0 Å². The lowest BCUT2D eigenvalue weighted by Crippen LogP contribution is -2.07. The van der Waals surface area contributed by atoms with Gasteiger partial charge in [0.25, 0.3) is 0 Å². The normalized spacial score (nSPS) is 13.8. The Hall–Kier alpha value is -1.39. The molecule has 0 bridgehead atoms. The summed E-state index contributed by atoms with van der Waals surface area (Å²) in [6.07, 6.45) is 3.87. The third kappa shape index (κ3) is 3.93. The van der Waals surface area contributed by atoms with E-state index in [1.54, 1.807) is 12.1 Å². The van der Waals surface area contributed by atoms with Gasteiger partial charge >= 0.3 is 0 Å². The molecule has 0 radical (unpaired) electrons. The smallest absolute Gasteiger partial charge is 0.133 e. The maximum atomic E-state index is 6.39. The van der Waals surface area contributed by atoms with Crippen LogP contribution in [-0.4, -0.2) is 16.3 Å². The van der Waals surface area contributed by atoms with Gasteiger partial charge in [-0.05, 0) is 55.2 Å². The maximum Gasteiger partial charge on any atom is 0.133 e. The number of halogens is 4. The van der Waals surface area contributed by atoms with E-state index in [1.165, 1.54) is 5.56 Å². The Bertz CT molecular complexity index is 997. The van der Waals surface area contributed by atoms with E-state index >= 15 is 0 Å². The number of rotatable bonds is 3. The fourth-order valence-electron chi connectivity index (χ4n) is 3.36. The lowest BCUT2D eigenvalue weighted by Gasteiger charge is -2.10. The number of fused-ring (bicyclic) bond motifs is 1. The van der Waals surface area contributed by atoms with Crippen molar-refractivity contribution < 1.29 is 0 Å². The quantitative estimate of drug-likeness (QED) is 0.483. The molecule has 2 aromatic carbocycles. The highest BCUT2D eigenvalue weighted by Crippen LogP contribution is 2.33. The highest BCUT2D eigenvalue weighted by Gasteiger charge is 2.21. The van der Waals surface area contributed by atoms with Crippen molar-refractivity contribution in [3.05, 3.63) is 73.3 Å². The zero-order valence-electron chi connectivity index (χ0n) is 14.4. The van der Waals surface area contributed by atoms with Gasteiger partial charge in [-0.15, -0.1) is 0 Å². The molecule has 0 saturated carbocycles. The molecule has 3 aromatic rings. The summed E-state index contributed by atoms with van der Waals surface area (Å²) >= 11 is 24.7. The van der Waals surface area contributed by atoms with Crippen molar-refractivity contribution in [1.82, 2.24) is 9.78 Å². The Morgan fingerprint density at radius 2 is 1.78 bits per heavy atom. The molecule has 4 rings (SSSR count). The molecule has 3 nitrogen and oxygen atoms in total. The van der Waals surface area contributed by atoms with Gasteiger partial charge in [0.15, 0.2) is 0 Å². The lowest BCUT2D eigenvalue weighted by atomic mass is 10.0. The summed E-state index contributed by atoms with van der Waals surface area (Å²) in [5.74, 6) is 1.02. The minimum atomic E-state index is 0.509. The van der Waals surface area contributed by atoms with Crippen LogP contribution in [0.15, 0.2) is 36.4 Å². The predicted octanol–water partition coefficient (Wildman–Crippen LogP) is 6.82. The molecule has 1 aromatic heterocycles. The van der Waals surface area contributed by atoms with E-state index in [1.807, 2.05) is 28.9 Å². The second-order valence-corrected chi connectivity index (χ2v) is 8.24. The van der Waals surface area contributed by atoms with Crippen LogP contribution < -0.4 is 5.32 Å². The average Bonchev–Trinajstić information content (AvgIpc) is 2.81. The van der Waals surface area contributed by atoms with Crippen molar-refractivity contribution in [2.75, 3.05) is 11.9 Å². The van der Waals surface area contributed by atoms with Crippen LogP contribution in [0.25, 0.3) is 5.69 Å². The molecule has 1 N–H and O–H groups in total. The zero-order chi connectivity index (χ0) is 19.0. The standard InChI is InChI=1S/C20H17Cl4N3/c21-13-5-4-12(17(23)10-13)9-19-15-3-1-2-8-25-20(15)27(26-19)14-6-7-16(22)18(24)11-14/h4-7,10-11,25H,1-3,8-9H2. The Morgan fingerprint density at radius 3 is 2.56 bits per heavy atom. The number of aromatic nitrogens is 2. The summed E-state index contributed by atoms with van der Waals surface area (Å²) in [6.45, 7) is 0.918. The second kappa shape index (κ2) is 7.92. The van der Waals surface area contributed by atoms with Crippen molar-refractivity contribution in [3.63, 3.8) is 0 Å². The molecule has 0 spiro atoms. The first-order chi connectivity index (χ1) is 13.0. The molecule has 0 aliphatic carbocycles. The summed E-state index contributed by atoms with van der Waals surface area (Å²) in [6, 6.07) is 11.1. The van der Waals surface area contributed by atoms with Gasteiger partial charge in [-0.25, -0.2) is 4.68 Å². The third-order valence-electron chi connectivity index (χ3n) is 4.73. The van der Waals surface area contributed by atoms with E-state index in [-0.39, 0.29) is 0 Å². The van der Waals surface area contributed by atoms with Gasteiger partial charge in [-0.1, -0.05) is 52.5 Å². The summed E-state index contributed by atoms with van der Waals surface area (Å²) in [7, 11) is 0. The van der Waals surface area contributed by atoms with E-state index in [4.69, 9.17) is 51.5 Å². The van der Waals surface area contributed by atoms with Crippen molar-refractivity contribution in [2.24, 2.45) is 0 Å². The van der Waals surface area contributed by atoms with Crippen molar-refractivity contribution in [2.45, 2.75) is 25.7 Å². The SMILES string of the molecule is Clc1ccc(Cc2nn(-c3ccc(Cl)c(Cl)c3)c3c2CCCCN3)c(Cl)c1. The van der Waals surface area contributed by atoms with Crippen LogP contribution >= 0.6 is 46.4 Å². The van der Waals surface area contributed by atoms with Crippen molar-refractivity contribution >= 4 is 52.2 Å². The molecule has 1 aliphatic rings. The van der Waals surface area contributed by atoms with Gasteiger partial charge in [0.05, 0.1) is 21.4 Å². The molecule has 7 heteroatoms. The summed E-state index contributed by atoms with van der Waals surface area (Å²) < 4.78 is 1.92. The third-order valence-corrected chi connectivity index (χ3v) is 6.06. The van der Waals surface area contributed by atoms with Crippen LogP contribution in [0, 0.1) is 0 Å². The molecule has 0 saturated heterocycles. The Kier molecular flexibility index (Phi) is 5.56. The van der Waals surface area contributed by atoms with E-state index in [0.717, 1.165) is 48.6 Å². The molecule has 140 valence electrons. The summed E-state index contributed by atoms with van der Waals surface area (Å²) in [5.41, 5.74) is 4.12. The first kappa shape index (κ1) is 18.9. The summed E-state index contributed by atoms with van der Waals surface area (Å²) in [5, 5.41) is 10.7. The van der Waals surface area contributed by atoms with Gasteiger partial charge in [0, 0.05) is 28.6 Å². The van der Waals surface area contributed by atoms with Gasteiger partial charge in [0.1, 0.15) is 5.82 Å². The topological polar surface area (TPSA) is 29.9 Å². The molecule has 0 atom stereocenters. The van der Waals surface area contributed by atoms with Crippen LogP contribution in [0.4, 0.5) is 5.82 Å². The van der Waals surface area contributed by atoms with Crippen LogP contribution in [0.1, 0.15) is 29.7 Å². The Morgan fingerprint density at radius 1 is 0.926 bits per heavy atom. The predicted molar refractivity (Wildman–Crippen MR) is 114 cm³/mol. The van der Waals surface area contributed by atoms with Gasteiger partial charge in [-0.3, -0.25) is 0 Å². The van der Waals surface area contributed by atoms with Crippen molar-refractivity contribution in [3.8, 4) is 5.69 Å². The molecule has 0 amide bonds. The largest absolute Gasteiger partial charge is 0.370 e. The van der Waals surface area contributed by atoms with Crippen LogP contribution in [0.2, 0.25) is 20.1 Å². The minimum absolute atomic E-state index is 0.509. The van der Waals surface area contributed by atoms with Crippen LogP contribution in [-0.2, 0) is 12.8 Å². The van der Waals surface area contributed by atoms with E-state index in [9.17, 15) is 0 Å². The fraction of sp³-hybridized carbons (Fsp3) is 0.250. The Labute approximate surface area is 178 Å². The van der Waals surface area contributed by atoms with Gasteiger partial charge in [0.2, 0.25) is 0 Å². The first-order valence-electron chi connectivity index (χ1n) is 8.77. The molecule has 0 fully saturated rings. The zero-order valence-corrected chi connectivity index (χ0v) is 17.4. The monoisotopic (exact) mass is 439 g/mol. The maximum absolute atomic E-state index is 6.39. The highest BCUT2D eigenvalue weighted by molar-refractivity contribution is 6.42. The number of nitrogens with one attached hydrogen (secondary N) is 1. The first-order valence-corrected chi connectivity index (χ1v) is 10.3. The lowest BCUT2D eigenvalue weighted by molar-refractivity contribution is 0.767. The second-order valence-electron chi connectivity index (χ2n) is 6.58. The van der Waals surface area contributed by atoms with E-state index in [2.05, 4.69) is 5.32 Å². The van der Waals surface area contributed by atoms with Crippen LogP contribution in [0.3, 0.4) is 0 Å². The molecule has 0 unspecified atom stereocenters. The summed E-state index contributed by atoms with van der Waals surface area (Å²) in [4.78, 5) is 0. The van der Waals surface area contributed by atoms with Gasteiger partial charge in [-0.2, -0.15) is 5.10 Å². The number of hydrogen-bond acceptors (Lipinski definition) is 2. The highest BCUT2D eigenvalue weighted by atomic mass is 35.5. The molecular weight excluding hydrogens is 424 g/mol. The molecular formula is C20H17Cl4N3. The van der Waals surface area contributed by atoms with E-state index in [0.29, 0.717) is 26.5 Å². The molecule has 27 heavy (non-hydrogen) atoms. The average molecular weight is 441 g/mol. The van der Waals surface area contributed by atoms with Gasteiger partial charge < -0.3 is 5.32 Å². The molecule has 1 aliphatic heterocycles. The fourth-order valence-corrected chi connectivity index (χ4v) is 4.13. The minimum Gasteiger partial charge on any atom is -0.370 e. The number of hydrogen-bond donors (Lipinski definition) is 1. The number of anilines is 1.